The van der Waals surface area contributed by atoms with Crippen LogP contribution < -0.4 is 0 Å². The molecule has 2 saturated heterocycles. The highest BCUT2D eigenvalue weighted by atomic mass is 127. The smallest absolute Gasteiger partial charge is 0.0201 e. The van der Waals surface area contributed by atoms with Gasteiger partial charge in [-0.3, -0.25) is 4.90 Å². The molecule has 0 saturated carbocycles. The molecule has 0 unspecified atom stereocenters. The third-order valence-electron chi connectivity index (χ3n) is 3.20. The van der Waals surface area contributed by atoms with Crippen LogP contribution in [0.4, 0.5) is 0 Å². The van der Waals surface area contributed by atoms with Gasteiger partial charge in [0.05, 0.1) is 0 Å². The van der Waals surface area contributed by atoms with Gasteiger partial charge in [-0.2, -0.15) is 0 Å². The van der Waals surface area contributed by atoms with E-state index in [1.807, 2.05) is 0 Å². The van der Waals surface area contributed by atoms with Gasteiger partial charge in [-0.25, -0.2) is 3.11 Å². The van der Waals surface area contributed by atoms with Gasteiger partial charge < -0.3 is 0 Å². The molecule has 2 heterocycles. The minimum atomic E-state index is 0.686. The summed E-state index contributed by atoms with van der Waals surface area (Å²) in [7, 11) is 0. The van der Waals surface area contributed by atoms with Gasteiger partial charge in [0.15, 0.2) is 0 Å². The Balaban J connectivity index is 1.87. The molecule has 0 aliphatic carbocycles. The zero-order chi connectivity index (χ0) is 8.77. The van der Waals surface area contributed by atoms with Crippen LogP contribution in [0.5, 0.6) is 0 Å². The average molecular weight is 280 g/mol. The highest BCUT2D eigenvalue weighted by Crippen LogP contribution is 2.41. The molecule has 2 nitrogen and oxygen atoms in total. The van der Waals surface area contributed by atoms with Crippen molar-refractivity contribution in [2.75, 3.05) is 26.2 Å². The van der Waals surface area contributed by atoms with Crippen LogP contribution in [0.15, 0.2) is 0 Å². The Hall–Kier alpha value is 0.650. The number of likely N-dealkylation sites (tertiary alicyclic amines) is 1. The number of hydrogen-bond acceptors (Lipinski definition) is 2. The predicted octanol–water partition coefficient (Wildman–Crippen LogP) is 1.75. The second-order valence-corrected chi connectivity index (χ2v) is 5.96. The van der Waals surface area contributed by atoms with Crippen molar-refractivity contribution in [2.45, 2.75) is 26.3 Å². The Kier molecular flexibility index (Phi) is 2.38. The van der Waals surface area contributed by atoms with Gasteiger partial charge in [-0.15, -0.1) is 0 Å². The SMILES string of the molecule is CC(C)N1CC2(CCN(I)C2)C1. The van der Waals surface area contributed by atoms with E-state index in [4.69, 9.17) is 0 Å². The summed E-state index contributed by atoms with van der Waals surface area (Å²) >= 11 is 2.45. The first-order valence-corrected chi connectivity index (χ1v) is 5.73. The second-order valence-electron chi connectivity index (χ2n) is 4.59. The van der Waals surface area contributed by atoms with E-state index in [2.05, 4.69) is 44.7 Å². The number of hydrogen-bond donors (Lipinski definition) is 0. The zero-order valence-electron chi connectivity index (χ0n) is 7.89. The standard InChI is InChI=1S/C9H17IN2/c1-8(2)11-5-9(6-11)3-4-12(10)7-9/h8H,3-7H2,1-2H3. The molecule has 2 rings (SSSR count). The normalized spacial score (nSPS) is 30.0. The second kappa shape index (κ2) is 3.10. The molecule has 0 N–H and O–H groups in total. The van der Waals surface area contributed by atoms with Crippen molar-refractivity contribution in [2.24, 2.45) is 5.41 Å². The molecule has 12 heavy (non-hydrogen) atoms. The largest absolute Gasteiger partial charge is 0.300 e. The van der Waals surface area contributed by atoms with Gasteiger partial charge in [0.2, 0.25) is 0 Å². The molecule has 70 valence electrons. The zero-order valence-corrected chi connectivity index (χ0v) is 10.0. The monoisotopic (exact) mass is 280 g/mol. The van der Waals surface area contributed by atoms with Crippen molar-refractivity contribution >= 4 is 22.9 Å². The summed E-state index contributed by atoms with van der Waals surface area (Å²) in [6, 6.07) is 0.749. The summed E-state index contributed by atoms with van der Waals surface area (Å²) in [5.41, 5.74) is 0.686. The molecule has 0 bridgehead atoms. The number of halogens is 1. The summed E-state index contributed by atoms with van der Waals surface area (Å²) in [5.74, 6) is 0. The van der Waals surface area contributed by atoms with Crippen LogP contribution in [-0.4, -0.2) is 40.2 Å². The van der Waals surface area contributed by atoms with Crippen LogP contribution in [0.25, 0.3) is 0 Å². The molecule has 2 aliphatic rings. The molecule has 0 amide bonds. The third-order valence-corrected chi connectivity index (χ3v) is 4.02. The molecule has 0 atom stereocenters. The maximum Gasteiger partial charge on any atom is 0.0201 e. The fourth-order valence-electron chi connectivity index (χ4n) is 2.32. The fraction of sp³-hybridized carbons (Fsp3) is 1.00. The van der Waals surface area contributed by atoms with Crippen molar-refractivity contribution in [3.63, 3.8) is 0 Å². The highest BCUT2D eigenvalue weighted by Gasteiger charge is 2.47. The lowest BCUT2D eigenvalue weighted by Crippen LogP contribution is -2.59. The first-order chi connectivity index (χ1) is 5.61. The Bertz CT molecular complexity index is 175. The van der Waals surface area contributed by atoms with E-state index in [9.17, 15) is 0 Å². The van der Waals surface area contributed by atoms with Crippen LogP contribution in [0.1, 0.15) is 20.3 Å². The van der Waals surface area contributed by atoms with Gasteiger partial charge in [-0.05, 0) is 20.3 Å². The van der Waals surface area contributed by atoms with E-state index in [1.165, 1.54) is 32.6 Å². The van der Waals surface area contributed by atoms with E-state index in [-0.39, 0.29) is 0 Å². The number of rotatable bonds is 1. The van der Waals surface area contributed by atoms with Crippen LogP contribution in [-0.2, 0) is 0 Å². The van der Waals surface area contributed by atoms with E-state index in [0.29, 0.717) is 5.41 Å². The molecule has 1 spiro atoms. The van der Waals surface area contributed by atoms with Crippen LogP contribution in [0, 0.1) is 5.41 Å². The highest BCUT2D eigenvalue weighted by molar-refractivity contribution is 14.1. The Morgan fingerprint density at radius 3 is 2.33 bits per heavy atom. The van der Waals surface area contributed by atoms with Crippen molar-refractivity contribution in [1.29, 1.82) is 0 Å². The lowest BCUT2D eigenvalue weighted by atomic mass is 9.78. The first-order valence-electron chi connectivity index (χ1n) is 4.76. The van der Waals surface area contributed by atoms with Gasteiger partial charge in [0, 0.05) is 60.5 Å². The van der Waals surface area contributed by atoms with Gasteiger partial charge in [0.1, 0.15) is 0 Å². The lowest BCUT2D eigenvalue weighted by molar-refractivity contribution is -0.00925. The topological polar surface area (TPSA) is 6.48 Å². The summed E-state index contributed by atoms with van der Waals surface area (Å²) in [6.07, 6.45) is 1.42. The molecule has 0 radical (unpaired) electrons. The predicted molar refractivity (Wildman–Crippen MR) is 59.4 cm³/mol. The van der Waals surface area contributed by atoms with E-state index in [0.717, 1.165) is 6.04 Å². The van der Waals surface area contributed by atoms with Gasteiger partial charge in [-0.1, -0.05) is 0 Å². The summed E-state index contributed by atoms with van der Waals surface area (Å²) in [5, 5.41) is 0. The Labute approximate surface area is 88.8 Å². The van der Waals surface area contributed by atoms with Crippen molar-refractivity contribution in [1.82, 2.24) is 8.01 Å². The molecule has 2 fully saturated rings. The van der Waals surface area contributed by atoms with Crippen LogP contribution >= 0.6 is 22.9 Å². The Morgan fingerprint density at radius 2 is 1.92 bits per heavy atom. The van der Waals surface area contributed by atoms with Crippen molar-refractivity contribution < 1.29 is 0 Å². The molecular formula is C9H17IN2. The summed E-state index contributed by atoms with van der Waals surface area (Å²) < 4.78 is 2.44. The van der Waals surface area contributed by atoms with Crippen molar-refractivity contribution in [3.8, 4) is 0 Å². The summed E-state index contributed by atoms with van der Waals surface area (Å²) in [4.78, 5) is 2.58. The maximum absolute atomic E-state index is 2.58. The van der Waals surface area contributed by atoms with Gasteiger partial charge >= 0.3 is 0 Å². The van der Waals surface area contributed by atoms with Crippen LogP contribution in [0.2, 0.25) is 0 Å². The van der Waals surface area contributed by atoms with Crippen molar-refractivity contribution in [3.05, 3.63) is 0 Å². The fourth-order valence-corrected chi connectivity index (χ4v) is 3.28. The molecular weight excluding hydrogens is 263 g/mol. The maximum atomic E-state index is 2.58. The summed E-state index contributed by atoms with van der Waals surface area (Å²) in [6.45, 7) is 9.88. The van der Waals surface area contributed by atoms with Gasteiger partial charge in [0.25, 0.3) is 0 Å². The molecule has 0 aromatic rings. The minimum absolute atomic E-state index is 0.686. The molecule has 0 aromatic carbocycles. The Morgan fingerprint density at radius 1 is 1.25 bits per heavy atom. The molecule has 2 aliphatic heterocycles. The van der Waals surface area contributed by atoms with E-state index < -0.39 is 0 Å². The quantitative estimate of drug-likeness (QED) is 0.533. The first kappa shape index (κ1) is 9.21. The average Bonchev–Trinajstić information content (AvgIpc) is 2.27. The van der Waals surface area contributed by atoms with E-state index >= 15 is 0 Å². The molecule has 0 aromatic heterocycles. The van der Waals surface area contributed by atoms with Crippen LogP contribution in [0.3, 0.4) is 0 Å². The molecule has 3 heteroatoms. The van der Waals surface area contributed by atoms with E-state index in [1.54, 1.807) is 0 Å². The lowest BCUT2D eigenvalue weighted by Gasteiger charge is -2.50. The number of nitrogens with zero attached hydrogens (tertiary/aromatic N) is 2. The minimum Gasteiger partial charge on any atom is -0.300 e. The third kappa shape index (κ3) is 1.51.